The number of carbonyl (C=O) groups excluding carboxylic acids is 1. The van der Waals surface area contributed by atoms with Gasteiger partial charge in [0.2, 0.25) is 11.1 Å². The molecule has 3 aromatic rings. The van der Waals surface area contributed by atoms with Crippen molar-refractivity contribution in [1.29, 1.82) is 0 Å². The molecule has 3 rings (SSSR count). The van der Waals surface area contributed by atoms with Gasteiger partial charge in [-0.2, -0.15) is 4.68 Å². The first-order chi connectivity index (χ1) is 13.0. The van der Waals surface area contributed by atoms with Crippen LogP contribution in [0.4, 0.5) is 5.82 Å². The Hall–Kier alpha value is -2.65. The van der Waals surface area contributed by atoms with Crippen LogP contribution in [0.25, 0.3) is 5.69 Å². The van der Waals surface area contributed by atoms with Gasteiger partial charge in [0.25, 0.3) is 0 Å². The van der Waals surface area contributed by atoms with Crippen LogP contribution in [-0.4, -0.2) is 43.5 Å². The maximum Gasteiger partial charge on any atom is 0.238 e. The molecule has 2 aromatic heterocycles. The largest absolute Gasteiger partial charge is 0.494 e. The van der Waals surface area contributed by atoms with E-state index in [0.717, 1.165) is 5.56 Å². The molecule has 27 heavy (non-hydrogen) atoms. The van der Waals surface area contributed by atoms with Crippen LogP contribution >= 0.6 is 23.4 Å². The van der Waals surface area contributed by atoms with E-state index in [0.29, 0.717) is 27.4 Å². The van der Waals surface area contributed by atoms with Crippen LogP contribution in [0, 0.1) is 6.92 Å². The fourth-order valence-electron chi connectivity index (χ4n) is 2.26. The highest BCUT2D eigenvalue weighted by atomic mass is 35.5. The summed E-state index contributed by atoms with van der Waals surface area (Å²) in [5.41, 5.74) is 1.74. The van der Waals surface area contributed by atoms with E-state index in [1.54, 1.807) is 30.8 Å². The van der Waals surface area contributed by atoms with E-state index in [-0.39, 0.29) is 5.91 Å². The Morgan fingerprint density at radius 2 is 2.15 bits per heavy atom. The van der Waals surface area contributed by atoms with E-state index in [1.165, 1.54) is 18.0 Å². The number of nitrogens with one attached hydrogen (secondary N) is 1. The number of aromatic nitrogens is 5. The van der Waals surface area contributed by atoms with Crippen LogP contribution in [-0.2, 0) is 4.79 Å². The van der Waals surface area contributed by atoms with E-state index in [9.17, 15) is 4.79 Å². The number of aryl methyl sites for hydroxylation is 1. The number of pyridine rings is 1. The van der Waals surface area contributed by atoms with Crippen molar-refractivity contribution in [2.75, 3.05) is 12.4 Å². The van der Waals surface area contributed by atoms with Gasteiger partial charge in [0.05, 0.1) is 17.4 Å². The lowest BCUT2D eigenvalue weighted by Gasteiger charge is -2.13. The molecular formula is C17H17ClN6O2S. The minimum absolute atomic E-state index is 0.222. The van der Waals surface area contributed by atoms with E-state index in [4.69, 9.17) is 16.3 Å². The predicted octanol–water partition coefficient (Wildman–Crippen LogP) is 3.15. The van der Waals surface area contributed by atoms with E-state index in [2.05, 4.69) is 25.8 Å². The topological polar surface area (TPSA) is 94.8 Å². The zero-order valence-electron chi connectivity index (χ0n) is 14.9. The Balaban J connectivity index is 1.77. The molecule has 1 atom stereocenters. The normalized spacial score (nSPS) is 11.9. The molecule has 2 heterocycles. The van der Waals surface area contributed by atoms with Crippen molar-refractivity contribution in [3.8, 4) is 11.4 Å². The molecular weight excluding hydrogens is 388 g/mol. The fourth-order valence-corrected chi connectivity index (χ4v) is 3.17. The lowest BCUT2D eigenvalue weighted by atomic mass is 10.2. The first kappa shape index (κ1) is 19.1. The smallest absolute Gasteiger partial charge is 0.238 e. The molecule has 8 nitrogen and oxygen atoms in total. The average molecular weight is 405 g/mol. The van der Waals surface area contributed by atoms with Crippen molar-refractivity contribution in [2.24, 2.45) is 0 Å². The second kappa shape index (κ2) is 8.36. The van der Waals surface area contributed by atoms with E-state index >= 15 is 0 Å². The lowest BCUT2D eigenvalue weighted by molar-refractivity contribution is -0.115. The van der Waals surface area contributed by atoms with Crippen LogP contribution in [0.1, 0.15) is 12.5 Å². The van der Waals surface area contributed by atoms with Gasteiger partial charge in [-0.3, -0.25) is 4.79 Å². The first-order valence-corrected chi connectivity index (χ1v) is 9.26. The Morgan fingerprint density at radius 3 is 2.85 bits per heavy atom. The quantitative estimate of drug-likeness (QED) is 0.630. The molecule has 0 aliphatic heterocycles. The summed E-state index contributed by atoms with van der Waals surface area (Å²) >= 11 is 7.04. The second-order valence-corrected chi connectivity index (χ2v) is 7.40. The van der Waals surface area contributed by atoms with Crippen LogP contribution in [0.2, 0.25) is 5.02 Å². The summed E-state index contributed by atoms with van der Waals surface area (Å²) in [7, 11) is 1.58. The number of nitrogens with zero attached hydrogens (tertiary/aromatic N) is 5. The number of ether oxygens (including phenoxy) is 1. The Morgan fingerprint density at radius 1 is 1.33 bits per heavy atom. The molecule has 0 fully saturated rings. The standard InChI is InChI=1S/C17H17ClN6O2S/c1-10-4-6-14(26-3)13(8-10)24-17(21-22-23-24)27-11(2)16(25)20-15-7-5-12(18)9-19-15/h4-9,11H,1-3H3,(H,19,20,25). The number of anilines is 1. The molecule has 140 valence electrons. The monoisotopic (exact) mass is 404 g/mol. The molecule has 0 spiro atoms. The number of rotatable bonds is 6. The van der Waals surface area contributed by atoms with E-state index < -0.39 is 5.25 Å². The number of tetrazole rings is 1. The average Bonchev–Trinajstić information content (AvgIpc) is 3.11. The first-order valence-electron chi connectivity index (χ1n) is 8.00. The van der Waals surface area contributed by atoms with Gasteiger partial charge >= 0.3 is 0 Å². The van der Waals surface area contributed by atoms with Gasteiger partial charge in [0.15, 0.2) is 0 Å². The Kier molecular flexibility index (Phi) is 5.92. The number of hydrogen-bond acceptors (Lipinski definition) is 7. The molecule has 0 aliphatic carbocycles. The van der Waals surface area contributed by atoms with Crippen LogP contribution in [0.15, 0.2) is 41.7 Å². The van der Waals surface area contributed by atoms with E-state index in [1.807, 2.05) is 25.1 Å². The molecule has 1 N–H and O–H groups in total. The maximum atomic E-state index is 12.4. The fraction of sp³-hybridized carbons (Fsp3) is 0.235. The summed E-state index contributed by atoms with van der Waals surface area (Å²) < 4.78 is 6.95. The van der Waals surface area contributed by atoms with Crippen molar-refractivity contribution in [1.82, 2.24) is 25.2 Å². The number of benzene rings is 1. The van der Waals surface area contributed by atoms with Crippen molar-refractivity contribution in [2.45, 2.75) is 24.3 Å². The van der Waals surface area contributed by atoms with Crippen molar-refractivity contribution in [3.05, 3.63) is 47.1 Å². The van der Waals surface area contributed by atoms with Gasteiger partial charge in [-0.15, -0.1) is 5.10 Å². The zero-order valence-corrected chi connectivity index (χ0v) is 16.5. The minimum atomic E-state index is -0.456. The minimum Gasteiger partial charge on any atom is -0.494 e. The molecule has 0 bridgehead atoms. The van der Waals surface area contributed by atoms with Crippen molar-refractivity contribution in [3.63, 3.8) is 0 Å². The molecule has 0 saturated heterocycles. The van der Waals surface area contributed by atoms with Gasteiger partial charge in [0.1, 0.15) is 17.3 Å². The molecule has 10 heteroatoms. The van der Waals surface area contributed by atoms with Gasteiger partial charge in [-0.25, -0.2) is 4.98 Å². The summed E-state index contributed by atoms with van der Waals surface area (Å²) in [5.74, 6) is 0.842. The zero-order chi connectivity index (χ0) is 19.4. The molecule has 1 unspecified atom stereocenters. The van der Waals surface area contributed by atoms with Gasteiger partial charge in [-0.1, -0.05) is 29.4 Å². The lowest BCUT2D eigenvalue weighted by Crippen LogP contribution is -2.23. The number of halogens is 1. The van der Waals surface area contributed by atoms with Gasteiger partial charge in [-0.05, 0) is 54.1 Å². The SMILES string of the molecule is COc1ccc(C)cc1-n1nnnc1SC(C)C(=O)Nc1ccc(Cl)cn1. The second-order valence-electron chi connectivity index (χ2n) is 5.66. The third-order valence-corrected chi connectivity index (χ3v) is 4.89. The highest BCUT2D eigenvalue weighted by Gasteiger charge is 2.21. The number of carbonyl (C=O) groups is 1. The molecule has 0 radical (unpaired) electrons. The summed E-state index contributed by atoms with van der Waals surface area (Å²) in [6.07, 6.45) is 1.47. The summed E-state index contributed by atoms with van der Waals surface area (Å²) in [6.45, 7) is 3.73. The molecule has 1 amide bonds. The summed E-state index contributed by atoms with van der Waals surface area (Å²) in [4.78, 5) is 16.5. The van der Waals surface area contributed by atoms with Gasteiger partial charge in [0, 0.05) is 6.20 Å². The molecule has 0 saturated carbocycles. The third kappa shape index (κ3) is 4.55. The molecule has 0 aliphatic rings. The molecule has 1 aromatic carbocycles. The summed E-state index contributed by atoms with van der Waals surface area (Å²) in [6, 6.07) is 9.01. The number of amides is 1. The predicted molar refractivity (Wildman–Crippen MR) is 104 cm³/mol. The van der Waals surface area contributed by atoms with Crippen LogP contribution < -0.4 is 10.1 Å². The van der Waals surface area contributed by atoms with Crippen molar-refractivity contribution < 1.29 is 9.53 Å². The van der Waals surface area contributed by atoms with Gasteiger partial charge < -0.3 is 10.1 Å². The van der Waals surface area contributed by atoms with Crippen LogP contribution in [0.5, 0.6) is 5.75 Å². The van der Waals surface area contributed by atoms with Crippen LogP contribution in [0.3, 0.4) is 0 Å². The highest BCUT2D eigenvalue weighted by Crippen LogP contribution is 2.29. The highest BCUT2D eigenvalue weighted by molar-refractivity contribution is 8.00. The maximum absolute atomic E-state index is 12.4. The number of thioether (sulfide) groups is 1. The Bertz CT molecular complexity index is 947. The number of hydrogen-bond donors (Lipinski definition) is 1. The number of methoxy groups -OCH3 is 1. The summed E-state index contributed by atoms with van der Waals surface area (Å²) in [5, 5.41) is 15.1. The third-order valence-electron chi connectivity index (χ3n) is 3.63. The van der Waals surface area contributed by atoms with Crippen molar-refractivity contribution >= 4 is 35.1 Å². The Labute approximate surface area is 165 Å².